The van der Waals surface area contributed by atoms with Crippen molar-refractivity contribution in [3.8, 4) is 28.7 Å². The average molecular weight is 589 g/mol. The summed E-state index contributed by atoms with van der Waals surface area (Å²) >= 11 is 0. The highest BCUT2D eigenvalue weighted by Gasteiger charge is 2.29. The van der Waals surface area contributed by atoms with Crippen molar-refractivity contribution in [2.75, 3.05) is 58.3 Å². The molecule has 0 atom stereocenters. The van der Waals surface area contributed by atoms with Crippen LogP contribution in [0.3, 0.4) is 0 Å². The number of rotatable bonds is 13. The number of ether oxygens (including phenoxy) is 6. The predicted octanol–water partition coefficient (Wildman–Crippen LogP) is 3.74. The van der Waals surface area contributed by atoms with Gasteiger partial charge in [-0.2, -0.15) is 0 Å². The third-order valence-corrected chi connectivity index (χ3v) is 7.64. The topological polar surface area (TPSA) is 139 Å². The summed E-state index contributed by atoms with van der Waals surface area (Å²) in [7, 11) is 2.47. The summed E-state index contributed by atoms with van der Waals surface area (Å²) < 4.78 is 60.1. The standard InChI is InChI=1S/C28H32N2O10S/c1-7-40-19-10-8-18(9-11-19)30(41(33,34)20-12-13-23(35-2)24(14-20)36-3)17-27(31)29-22-16-26(38-5)25(37-4)15-21(22)28(32)39-6/h8-16H,7,17H2,1-6H3,(H,29,31). The maximum Gasteiger partial charge on any atom is 0.340 e. The van der Waals surface area contributed by atoms with Gasteiger partial charge in [0.1, 0.15) is 12.3 Å². The van der Waals surface area contributed by atoms with Crippen molar-refractivity contribution in [1.29, 1.82) is 0 Å². The molecule has 1 N–H and O–H groups in total. The Hall–Kier alpha value is -4.65. The Morgan fingerprint density at radius 2 is 1.37 bits per heavy atom. The lowest BCUT2D eigenvalue weighted by Gasteiger charge is -2.25. The van der Waals surface area contributed by atoms with Gasteiger partial charge in [-0.3, -0.25) is 9.10 Å². The number of methoxy groups -OCH3 is 5. The maximum atomic E-state index is 13.9. The third kappa shape index (κ3) is 6.92. The summed E-state index contributed by atoms with van der Waals surface area (Å²) in [6, 6.07) is 13.1. The molecule has 220 valence electrons. The van der Waals surface area contributed by atoms with Crippen molar-refractivity contribution >= 4 is 33.3 Å². The number of esters is 1. The van der Waals surface area contributed by atoms with E-state index in [4.69, 9.17) is 28.4 Å². The Labute approximate surface area is 238 Å². The van der Waals surface area contributed by atoms with E-state index < -0.39 is 28.4 Å². The largest absolute Gasteiger partial charge is 0.494 e. The molecule has 0 heterocycles. The molecule has 3 aromatic carbocycles. The van der Waals surface area contributed by atoms with Crippen LogP contribution < -0.4 is 33.3 Å². The first kappa shape index (κ1) is 30.9. The van der Waals surface area contributed by atoms with Gasteiger partial charge in [0.2, 0.25) is 5.91 Å². The highest BCUT2D eigenvalue weighted by atomic mass is 32.2. The minimum Gasteiger partial charge on any atom is -0.494 e. The van der Waals surface area contributed by atoms with Gasteiger partial charge in [-0.05, 0) is 43.3 Å². The van der Waals surface area contributed by atoms with Gasteiger partial charge in [0.15, 0.2) is 23.0 Å². The minimum absolute atomic E-state index is 0.0196. The molecule has 0 fully saturated rings. The van der Waals surface area contributed by atoms with E-state index in [2.05, 4.69) is 5.32 Å². The van der Waals surface area contributed by atoms with Gasteiger partial charge >= 0.3 is 5.97 Å². The van der Waals surface area contributed by atoms with Crippen LogP contribution in [0.15, 0.2) is 59.5 Å². The molecule has 0 saturated heterocycles. The smallest absolute Gasteiger partial charge is 0.340 e. The van der Waals surface area contributed by atoms with Crippen LogP contribution >= 0.6 is 0 Å². The van der Waals surface area contributed by atoms with Crippen molar-refractivity contribution in [3.63, 3.8) is 0 Å². The van der Waals surface area contributed by atoms with Gasteiger partial charge in [0.05, 0.1) is 64.0 Å². The Balaban J connectivity index is 2.06. The average Bonchev–Trinajstić information content (AvgIpc) is 2.99. The first-order valence-electron chi connectivity index (χ1n) is 12.2. The number of nitrogens with one attached hydrogen (secondary N) is 1. The van der Waals surface area contributed by atoms with Gasteiger partial charge in [0.25, 0.3) is 10.0 Å². The van der Waals surface area contributed by atoms with E-state index in [-0.39, 0.29) is 39.1 Å². The van der Waals surface area contributed by atoms with Crippen LogP contribution in [0.4, 0.5) is 11.4 Å². The fourth-order valence-corrected chi connectivity index (χ4v) is 5.31. The summed E-state index contributed by atoms with van der Waals surface area (Å²) in [6.45, 7) is 1.59. The second kappa shape index (κ2) is 13.6. The molecule has 12 nitrogen and oxygen atoms in total. The zero-order valence-corrected chi connectivity index (χ0v) is 24.4. The van der Waals surface area contributed by atoms with Gasteiger partial charge in [-0.15, -0.1) is 0 Å². The molecule has 0 bridgehead atoms. The number of amides is 1. The molecule has 0 saturated carbocycles. The van der Waals surface area contributed by atoms with Crippen molar-refractivity contribution in [3.05, 3.63) is 60.2 Å². The van der Waals surface area contributed by atoms with E-state index >= 15 is 0 Å². The monoisotopic (exact) mass is 588 g/mol. The SMILES string of the molecule is CCOc1ccc(N(CC(=O)Nc2cc(OC)c(OC)cc2C(=O)OC)S(=O)(=O)c2ccc(OC)c(OC)c2)cc1. The van der Waals surface area contributed by atoms with Crippen molar-refractivity contribution in [1.82, 2.24) is 0 Å². The molecule has 3 aromatic rings. The summed E-state index contributed by atoms with van der Waals surface area (Å²) in [5.74, 6) is 0.0214. The molecule has 0 spiro atoms. The van der Waals surface area contributed by atoms with Crippen LogP contribution in [-0.4, -0.2) is 69.0 Å². The lowest BCUT2D eigenvalue weighted by Crippen LogP contribution is -2.38. The molecular formula is C28H32N2O10S. The number of carbonyl (C=O) groups is 2. The van der Waals surface area contributed by atoms with E-state index in [1.165, 1.54) is 78.0 Å². The highest BCUT2D eigenvalue weighted by molar-refractivity contribution is 7.92. The summed E-state index contributed by atoms with van der Waals surface area (Å²) in [6.07, 6.45) is 0. The quantitative estimate of drug-likeness (QED) is 0.294. The minimum atomic E-state index is -4.32. The molecule has 0 aromatic heterocycles. The van der Waals surface area contributed by atoms with Gasteiger partial charge in [0, 0.05) is 18.2 Å². The van der Waals surface area contributed by atoms with Crippen molar-refractivity contribution < 1.29 is 46.4 Å². The Morgan fingerprint density at radius 3 is 1.93 bits per heavy atom. The Bertz CT molecular complexity index is 1490. The molecule has 3 rings (SSSR count). The van der Waals surface area contributed by atoms with Crippen LogP contribution in [0.5, 0.6) is 28.7 Å². The number of hydrogen-bond acceptors (Lipinski definition) is 10. The van der Waals surface area contributed by atoms with Crippen LogP contribution in [-0.2, 0) is 19.6 Å². The molecule has 41 heavy (non-hydrogen) atoms. The van der Waals surface area contributed by atoms with Crippen LogP contribution in [0, 0.1) is 0 Å². The molecule has 0 aliphatic carbocycles. The number of nitrogens with zero attached hydrogens (tertiary/aromatic N) is 1. The number of carbonyl (C=O) groups excluding carboxylic acids is 2. The molecule has 0 aliphatic rings. The summed E-state index contributed by atoms with van der Waals surface area (Å²) in [5, 5.41) is 2.60. The first-order chi connectivity index (χ1) is 19.6. The number of sulfonamides is 1. The normalized spacial score (nSPS) is 10.8. The molecule has 0 radical (unpaired) electrons. The zero-order chi connectivity index (χ0) is 30.2. The molecular weight excluding hydrogens is 556 g/mol. The summed E-state index contributed by atoms with van der Waals surface area (Å²) in [4.78, 5) is 25.7. The number of anilines is 2. The molecule has 0 aliphatic heterocycles. The van der Waals surface area contributed by atoms with Crippen molar-refractivity contribution in [2.24, 2.45) is 0 Å². The Morgan fingerprint density at radius 1 is 0.780 bits per heavy atom. The van der Waals surface area contributed by atoms with Gasteiger partial charge in [-0.1, -0.05) is 0 Å². The molecule has 13 heteroatoms. The van der Waals surface area contributed by atoms with E-state index in [9.17, 15) is 18.0 Å². The van der Waals surface area contributed by atoms with Crippen LogP contribution in [0.2, 0.25) is 0 Å². The maximum absolute atomic E-state index is 13.9. The number of hydrogen-bond donors (Lipinski definition) is 1. The lowest BCUT2D eigenvalue weighted by molar-refractivity contribution is -0.114. The van der Waals surface area contributed by atoms with Gasteiger partial charge < -0.3 is 33.7 Å². The van der Waals surface area contributed by atoms with E-state index in [1.807, 2.05) is 6.92 Å². The third-order valence-electron chi connectivity index (χ3n) is 5.87. The fraction of sp³-hybridized carbons (Fsp3) is 0.286. The van der Waals surface area contributed by atoms with Crippen molar-refractivity contribution in [2.45, 2.75) is 11.8 Å². The highest BCUT2D eigenvalue weighted by Crippen LogP contribution is 2.35. The van der Waals surface area contributed by atoms with Gasteiger partial charge in [-0.25, -0.2) is 13.2 Å². The number of benzene rings is 3. The lowest BCUT2D eigenvalue weighted by atomic mass is 10.1. The second-order valence-electron chi connectivity index (χ2n) is 8.25. The summed E-state index contributed by atoms with van der Waals surface area (Å²) in [5.41, 5.74) is 0.211. The van der Waals surface area contributed by atoms with Crippen LogP contribution in [0.1, 0.15) is 17.3 Å². The van der Waals surface area contributed by atoms with E-state index in [1.54, 1.807) is 12.1 Å². The molecule has 1 amide bonds. The van der Waals surface area contributed by atoms with Crippen LogP contribution in [0.25, 0.3) is 0 Å². The fourth-order valence-electron chi connectivity index (χ4n) is 3.88. The predicted molar refractivity (Wildman–Crippen MR) is 151 cm³/mol. The zero-order valence-electron chi connectivity index (χ0n) is 23.5. The van der Waals surface area contributed by atoms with E-state index in [0.29, 0.717) is 18.1 Å². The second-order valence-corrected chi connectivity index (χ2v) is 10.1. The first-order valence-corrected chi connectivity index (χ1v) is 13.7. The van der Waals surface area contributed by atoms with E-state index in [0.717, 1.165) is 4.31 Å². The Kier molecular flexibility index (Phi) is 10.3. The molecule has 0 unspecified atom stereocenters.